The highest BCUT2D eigenvalue weighted by Crippen LogP contribution is 2.35. The summed E-state index contributed by atoms with van der Waals surface area (Å²) in [5, 5.41) is 10.0. The number of rotatable bonds is 3. The van der Waals surface area contributed by atoms with E-state index in [1.807, 2.05) is 35.8 Å². The highest BCUT2D eigenvalue weighted by Gasteiger charge is 2.19. The predicted octanol–water partition coefficient (Wildman–Crippen LogP) is 4.36. The molecule has 3 nitrogen and oxygen atoms in total. The average Bonchev–Trinajstić information content (AvgIpc) is 2.64. The number of methoxy groups -OCH3 is 1. The molecule has 1 heterocycles. The SMILES string of the molecule is COCn1c(C)c(Br)c(C#N)c1-c1ccc(Cl)cc1. The van der Waals surface area contributed by atoms with Gasteiger partial charge in [0.1, 0.15) is 12.8 Å². The highest BCUT2D eigenvalue weighted by molar-refractivity contribution is 9.10. The molecule has 0 bridgehead atoms. The molecule has 0 atom stereocenters. The Morgan fingerprint density at radius 3 is 2.53 bits per heavy atom. The van der Waals surface area contributed by atoms with Crippen LogP contribution in [0.2, 0.25) is 5.02 Å². The summed E-state index contributed by atoms with van der Waals surface area (Å²) in [7, 11) is 1.63. The second-order valence-electron chi connectivity index (χ2n) is 4.09. The van der Waals surface area contributed by atoms with Crippen molar-refractivity contribution in [2.45, 2.75) is 13.7 Å². The summed E-state index contributed by atoms with van der Waals surface area (Å²) in [6, 6.07) is 9.66. The molecule has 1 aromatic carbocycles. The lowest BCUT2D eigenvalue weighted by Crippen LogP contribution is -2.04. The smallest absolute Gasteiger partial charge is 0.122 e. The Balaban J connectivity index is 2.70. The molecular formula is C14H12BrClN2O. The lowest BCUT2D eigenvalue weighted by atomic mass is 10.1. The minimum Gasteiger partial charge on any atom is -0.364 e. The quantitative estimate of drug-likeness (QED) is 0.833. The zero-order valence-corrected chi connectivity index (χ0v) is 12.9. The third-order valence-corrected chi connectivity index (χ3v) is 4.16. The lowest BCUT2D eigenvalue weighted by Gasteiger charge is -2.10. The van der Waals surface area contributed by atoms with Crippen molar-refractivity contribution in [3.8, 4) is 17.3 Å². The normalized spacial score (nSPS) is 10.5. The van der Waals surface area contributed by atoms with Crippen molar-refractivity contribution >= 4 is 27.5 Å². The summed E-state index contributed by atoms with van der Waals surface area (Å²) in [5.74, 6) is 0. The third kappa shape index (κ3) is 2.55. The molecule has 0 aliphatic carbocycles. The lowest BCUT2D eigenvalue weighted by molar-refractivity contribution is 0.131. The first kappa shape index (κ1) is 14.1. The Kier molecular flexibility index (Phi) is 4.31. The minimum absolute atomic E-state index is 0.393. The van der Waals surface area contributed by atoms with E-state index in [1.54, 1.807) is 7.11 Å². The van der Waals surface area contributed by atoms with Gasteiger partial charge in [0.2, 0.25) is 0 Å². The molecule has 0 fully saturated rings. The molecule has 1 aromatic heterocycles. The molecule has 5 heteroatoms. The van der Waals surface area contributed by atoms with E-state index in [2.05, 4.69) is 22.0 Å². The molecule has 0 saturated heterocycles. The van der Waals surface area contributed by atoms with Crippen LogP contribution in [0.5, 0.6) is 0 Å². The van der Waals surface area contributed by atoms with Crippen LogP contribution < -0.4 is 0 Å². The van der Waals surface area contributed by atoms with Crippen molar-refractivity contribution < 1.29 is 4.74 Å². The van der Waals surface area contributed by atoms with Crippen molar-refractivity contribution in [1.29, 1.82) is 5.26 Å². The van der Waals surface area contributed by atoms with Crippen LogP contribution in [0.25, 0.3) is 11.3 Å². The number of benzene rings is 1. The molecule has 0 N–H and O–H groups in total. The van der Waals surface area contributed by atoms with Crippen molar-refractivity contribution in [3.05, 3.63) is 45.0 Å². The molecule has 0 aliphatic heterocycles. The summed E-state index contributed by atoms with van der Waals surface area (Å²) in [6.45, 7) is 2.34. The summed E-state index contributed by atoms with van der Waals surface area (Å²) in [4.78, 5) is 0. The van der Waals surface area contributed by atoms with E-state index in [4.69, 9.17) is 16.3 Å². The first-order chi connectivity index (χ1) is 9.10. The monoisotopic (exact) mass is 338 g/mol. The van der Waals surface area contributed by atoms with Gasteiger partial charge >= 0.3 is 0 Å². The van der Waals surface area contributed by atoms with Crippen LogP contribution in [-0.2, 0) is 11.5 Å². The van der Waals surface area contributed by atoms with Crippen LogP contribution in [0.1, 0.15) is 11.3 Å². The number of ether oxygens (including phenoxy) is 1. The number of hydrogen-bond donors (Lipinski definition) is 0. The molecule has 19 heavy (non-hydrogen) atoms. The molecule has 98 valence electrons. The second kappa shape index (κ2) is 5.79. The largest absolute Gasteiger partial charge is 0.364 e. The zero-order chi connectivity index (χ0) is 14.0. The molecule has 0 spiro atoms. The van der Waals surface area contributed by atoms with E-state index in [9.17, 15) is 5.26 Å². The van der Waals surface area contributed by atoms with Gasteiger partial charge in [0.15, 0.2) is 0 Å². The van der Waals surface area contributed by atoms with Gasteiger partial charge in [-0.3, -0.25) is 0 Å². The number of aromatic nitrogens is 1. The number of nitrogens with zero attached hydrogens (tertiary/aromatic N) is 2. The first-order valence-corrected chi connectivity index (χ1v) is 6.80. The summed E-state index contributed by atoms with van der Waals surface area (Å²) < 4.78 is 7.98. The zero-order valence-electron chi connectivity index (χ0n) is 10.6. The van der Waals surface area contributed by atoms with Crippen LogP contribution >= 0.6 is 27.5 Å². The Bertz CT molecular complexity index is 641. The fraction of sp³-hybridized carbons (Fsp3) is 0.214. The fourth-order valence-corrected chi connectivity index (χ4v) is 2.62. The van der Waals surface area contributed by atoms with Gasteiger partial charge in [0.25, 0.3) is 0 Å². The number of hydrogen-bond acceptors (Lipinski definition) is 2. The van der Waals surface area contributed by atoms with Gasteiger partial charge in [-0.05, 0) is 40.5 Å². The second-order valence-corrected chi connectivity index (χ2v) is 5.32. The fourth-order valence-electron chi connectivity index (χ4n) is 2.01. The van der Waals surface area contributed by atoms with E-state index in [0.717, 1.165) is 21.4 Å². The van der Waals surface area contributed by atoms with Crippen LogP contribution in [0.3, 0.4) is 0 Å². The van der Waals surface area contributed by atoms with Gasteiger partial charge in [-0.1, -0.05) is 23.7 Å². The van der Waals surface area contributed by atoms with Crippen LogP contribution in [-0.4, -0.2) is 11.7 Å². The average molecular weight is 340 g/mol. The van der Waals surface area contributed by atoms with Crippen molar-refractivity contribution in [3.63, 3.8) is 0 Å². The van der Waals surface area contributed by atoms with Crippen molar-refractivity contribution in [2.24, 2.45) is 0 Å². The summed E-state index contributed by atoms with van der Waals surface area (Å²) in [6.07, 6.45) is 0. The Labute approximate surface area is 125 Å². The van der Waals surface area contributed by atoms with Crippen LogP contribution in [0.4, 0.5) is 0 Å². The number of nitriles is 1. The molecule has 0 radical (unpaired) electrons. The van der Waals surface area contributed by atoms with Gasteiger partial charge in [0, 0.05) is 17.8 Å². The highest BCUT2D eigenvalue weighted by atomic mass is 79.9. The molecule has 0 amide bonds. The predicted molar refractivity (Wildman–Crippen MR) is 79.0 cm³/mol. The van der Waals surface area contributed by atoms with Gasteiger partial charge < -0.3 is 9.30 Å². The maximum absolute atomic E-state index is 9.36. The Morgan fingerprint density at radius 1 is 1.37 bits per heavy atom. The van der Waals surface area contributed by atoms with Crippen LogP contribution in [0, 0.1) is 18.3 Å². The maximum Gasteiger partial charge on any atom is 0.122 e. The summed E-state index contributed by atoms with van der Waals surface area (Å²) in [5.41, 5.74) is 3.34. The van der Waals surface area contributed by atoms with Gasteiger partial charge in [-0.15, -0.1) is 0 Å². The van der Waals surface area contributed by atoms with E-state index in [1.165, 1.54) is 0 Å². The van der Waals surface area contributed by atoms with Gasteiger partial charge in [-0.25, -0.2) is 0 Å². The standard InChI is InChI=1S/C14H12BrClN2O/c1-9-13(15)12(7-17)14(18(9)8-19-2)10-3-5-11(16)6-4-10/h3-6H,8H2,1-2H3. The molecule has 2 rings (SSSR count). The Hall–Kier alpha value is -1.28. The van der Waals surface area contributed by atoms with E-state index < -0.39 is 0 Å². The first-order valence-electron chi connectivity index (χ1n) is 5.63. The van der Waals surface area contributed by atoms with E-state index in [-0.39, 0.29) is 0 Å². The molecule has 0 unspecified atom stereocenters. The minimum atomic E-state index is 0.393. The molecule has 2 aromatic rings. The molecule has 0 saturated carbocycles. The van der Waals surface area contributed by atoms with E-state index in [0.29, 0.717) is 17.3 Å². The maximum atomic E-state index is 9.36. The van der Waals surface area contributed by atoms with E-state index >= 15 is 0 Å². The van der Waals surface area contributed by atoms with Crippen LogP contribution in [0.15, 0.2) is 28.7 Å². The van der Waals surface area contributed by atoms with Crippen molar-refractivity contribution in [1.82, 2.24) is 4.57 Å². The number of halogens is 2. The third-order valence-electron chi connectivity index (χ3n) is 2.94. The van der Waals surface area contributed by atoms with Crippen molar-refractivity contribution in [2.75, 3.05) is 7.11 Å². The topological polar surface area (TPSA) is 38.0 Å². The van der Waals surface area contributed by atoms with Gasteiger partial charge in [0.05, 0.1) is 15.7 Å². The molecular weight excluding hydrogens is 328 g/mol. The molecule has 0 aliphatic rings. The Morgan fingerprint density at radius 2 is 2.00 bits per heavy atom. The van der Waals surface area contributed by atoms with Gasteiger partial charge in [-0.2, -0.15) is 5.26 Å². The summed E-state index contributed by atoms with van der Waals surface area (Å²) >= 11 is 9.37.